The summed E-state index contributed by atoms with van der Waals surface area (Å²) in [4.78, 5) is 2.31. The van der Waals surface area contributed by atoms with E-state index in [2.05, 4.69) is 53.4 Å². The highest BCUT2D eigenvalue weighted by Crippen LogP contribution is 2.18. The summed E-state index contributed by atoms with van der Waals surface area (Å²) in [6.45, 7) is 3.08. The summed E-state index contributed by atoms with van der Waals surface area (Å²) in [5.74, 6) is 0. The summed E-state index contributed by atoms with van der Waals surface area (Å²) >= 11 is 0. The molecular weight excluding hydrogens is 317 g/mol. The van der Waals surface area contributed by atoms with Gasteiger partial charge in [0, 0.05) is 25.3 Å². The molecule has 2 aromatic rings. The van der Waals surface area contributed by atoms with Crippen molar-refractivity contribution in [2.24, 2.45) is 11.5 Å². The smallest absolute Gasteiger partial charge is 0.0430 e. The summed E-state index contributed by atoms with van der Waals surface area (Å²) in [5, 5.41) is 0. The first-order chi connectivity index (χ1) is 9.83. The summed E-state index contributed by atoms with van der Waals surface area (Å²) in [7, 11) is 0. The van der Waals surface area contributed by atoms with Crippen LogP contribution in [0.25, 0.3) is 0 Å². The molecule has 0 radical (unpaired) electrons. The first-order valence-electron chi connectivity index (χ1n) is 7.11. The lowest BCUT2D eigenvalue weighted by Gasteiger charge is -2.24. The molecular formula is C17H25Cl2N3. The molecule has 0 unspecified atom stereocenters. The molecule has 0 aliphatic rings. The van der Waals surface area contributed by atoms with Crippen LogP contribution in [-0.4, -0.2) is 19.6 Å². The van der Waals surface area contributed by atoms with Gasteiger partial charge in [0.05, 0.1) is 0 Å². The zero-order chi connectivity index (χ0) is 14.2. The fraction of sp³-hybridized carbons (Fsp3) is 0.294. The Morgan fingerprint density at radius 3 is 1.91 bits per heavy atom. The average Bonchev–Trinajstić information content (AvgIpc) is 2.49. The van der Waals surface area contributed by atoms with Crippen LogP contribution >= 0.6 is 24.8 Å². The second kappa shape index (κ2) is 11.3. The summed E-state index contributed by atoms with van der Waals surface area (Å²) in [6, 6.07) is 19.1. The molecule has 0 fully saturated rings. The van der Waals surface area contributed by atoms with Gasteiger partial charge in [0.15, 0.2) is 0 Å². The lowest BCUT2D eigenvalue weighted by Crippen LogP contribution is -2.28. The Labute approximate surface area is 145 Å². The van der Waals surface area contributed by atoms with E-state index in [-0.39, 0.29) is 24.8 Å². The van der Waals surface area contributed by atoms with Crippen molar-refractivity contribution in [2.75, 3.05) is 24.5 Å². The topological polar surface area (TPSA) is 55.3 Å². The molecule has 0 aliphatic carbocycles. The van der Waals surface area contributed by atoms with Gasteiger partial charge in [0.25, 0.3) is 0 Å². The van der Waals surface area contributed by atoms with E-state index in [1.54, 1.807) is 0 Å². The highest BCUT2D eigenvalue weighted by atomic mass is 35.5. The number of benzene rings is 2. The van der Waals surface area contributed by atoms with Crippen molar-refractivity contribution in [2.45, 2.75) is 13.0 Å². The van der Waals surface area contributed by atoms with Crippen LogP contribution in [0.5, 0.6) is 0 Å². The van der Waals surface area contributed by atoms with Crippen LogP contribution in [0.2, 0.25) is 0 Å². The van der Waals surface area contributed by atoms with Crippen LogP contribution in [0.15, 0.2) is 54.6 Å². The number of anilines is 1. The molecule has 0 atom stereocenters. The molecule has 0 saturated carbocycles. The van der Waals surface area contributed by atoms with Crippen molar-refractivity contribution in [1.29, 1.82) is 0 Å². The van der Waals surface area contributed by atoms with Gasteiger partial charge in [0.2, 0.25) is 0 Å². The zero-order valence-electron chi connectivity index (χ0n) is 12.7. The molecule has 22 heavy (non-hydrogen) atoms. The Morgan fingerprint density at radius 1 is 0.727 bits per heavy atom. The second-order valence-corrected chi connectivity index (χ2v) is 4.90. The summed E-state index contributed by atoms with van der Waals surface area (Å²) in [5.41, 5.74) is 15.1. The highest BCUT2D eigenvalue weighted by molar-refractivity contribution is 5.85. The molecule has 5 heteroatoms. The Kier molecular flexibility index (Phi) is 10.7. The number of nitrogens with zero attached hydrogens (tertiary/aromatic N) is 1. The largest absolute Gasteiger partial charge is 0.366 e. The number of nitrogens with two attached hydrogens (primary N) is 2. The molecule has 2 rings (SSSR count). The number of halogens is 2. The normalized spacial score (nSPS) is 9.55. The van der Waals surface area contributed by atoms with Crippen molar-refractivity contribution < 1.29 is 0 Å². The minimum atomic E-state index is 0. The first kappa shape index (κ1) is 20.7. The van der Waals surface area contributed by atoms with E-state index in [1.807, 2.05) is 6.07 Å². The van der Waals surface area contributed by atoms with Crippen molar-refractivity contribution in [3.05, 3.63) is 65.7 Å². The predicted octanol–water partition coefficient (Wildman–Crippen LogP) is 3.00. The van der Waals surface area contributed by atoms with E-state index in [0.29, 0.717) is 13.1 Å². The van der Waals surface area contributed by atoms with E-state index in [1.165, 1.54) is 16.8 Å². The van der Waals surface area contributed by atoms with E-state index < -0.39 is 0 Å². The zero-order valence-corrected chi connectivity index (χ0v) is 14.3. The maximum absolute atomic E-state index is 5.74. The lowest BCUT2D eigenvalue weighted by molar-refractivity contribution is 0.789. The molecule has 0 aromatic heterocycles. The van der Waals surface area contributed by atoms with E-state index in [9.17, 15) is 0 Å². The molecule has 0 heterocycles. The van der Waals surface area contributed by atoms with Gasteiger partial charge in [-0.1, -0.05) is 42.5 Å². The van der Waals surface area contributed by atoms with E-state index in [0.717, 1.165) is 19.5 Å². The fourth-order valence-electron chi connectivity index (χ4n) is 2.30. The Morgan fingerprint density at radius 2 is 1.36 bits per heavy atom. The van der Waals surface area contributed by atoms with Gasteiger partial charge in [-0.15, -0.1) is 24.8 Å². The Hall–Kier alpha value is -1.26. The van der Waals surface area contributed by atoms with Crippen LogP contribution in [0, 0.1) is 0 Å². The Balaban J connectivity index is 0.00000220. The molecule has 0 aliphatic heterocycles. The van der Waals surface area contributed by atoms with Gasteiger partial charge in [-0.05, 0) is 36.2 Å². The van der Waals surface area contributed by atoms with Crippen LogP contribution < -0.4 is 16.4 Å². The standard InChI is InChI=1S/C17H23N3.2ClH/c18-11-10-15-6-8-17(9-7-15)20(13-12-19)14-16-4-2-1-3-5-16;;/h1-9H,10-14,18-19H2;2*1H. The molecule has 3 nitrogen and oxygen atoms in total. The molecule has 4 N–H and O–H groups in total. The van der Waals surface area contributed by atoms with Crippen molar-refractivity contribution in [3.63, 3.8) is 0 Å². The van der Waals surface area contributed by atoms with Crippen LogP contribution in [0.1, 0.15) is 11.1 Å². The highest BCUT2D eigenvalue weighted by Gasteiger charge is 2.06. The average molecular weight is 342 g/mol. The minimum Gasteiger partial charge on any atom is -0.366 e. The predicted molar refractivity (Wildman–Crippen MR) is 100 cm³/mol. The van der Waals surface area contributed by atoms with Gasteiger partial charge in [-0.2, -0.15) is 0 Å². The minimum absolute atomic E-state index is 0. The molecule has 0 bridgehead atoms. The lowest BCUT2D eigenvalue weighted by atomic mass is 10.1. The third-order valence-corrected chi connectivity index (χ3v) is 3.35. The third kappa shape index (κ3) is 6.24. The maximum atomic E-state index is 5.74. The molecule has 0 saturated heterocycles. The molecule has 122 valence electrons. The molecule has 0 amide bonds. The number of hydrogen-bond acceptors (Lipinski definition) is 3. The monoisotopic (exact) mass is 341 g/mol. The fourth-order valence-corrected chi connectivity index (χ4v) is 2.30. The second-order valence-electron chi connectivity index (χ2n) is 4.90. The van der Waals surface area contributed by atoms with Crippen molar-refractivity contribution in [1.82, 2.24) is 0 Å². The third-order valence-electron chi connectivity index (χ3n) is 3.35. The first-order valence-corrected chi connectivity index (χ1v) is 7.11. The summed E-state index contributed by atoms with van der Waals surface area (Å²) in [6.07, 6.45) is 0.926. The number of hydrogen-bond donors (Lipinski definition) is 2. The van der Waals surface area contributed by atoms with Gasteiger partial charge in [0.1, 0.15) is 0 Å². The molecule has 0 spiro atoms. The van der Waals surface area contributed by atoms with Gasteiger partial charge in [-0.25, -0.2) is 0 Å². The SMILES string of the molecule is Cl.Cl.NCCc1ccc(N(CCN)Cc2ccccc2)cc1. The van der Waals surface area contributed by atoms with Crippen molar-refractivity contribution in [3.8, 4) is 0 Å². The molecule has 2 aromatic carbocycles. The quantitative estimate of drug-likeness (QED) is 0.813. The van der Waals surface area contributed by atoms with Crippen LogP contribution in [0.4, 0.5) is 5.69 Å². The van der Waals surface area contributed by atoms with Gasteiger partial charge >= 0.3 is 0 Å². The van der Waals surface area contributed by atoms with Crippen LogP contribution in [0.3, 0.4) is 0 Å². The maximum Gasteiger partial charge on any atom is 0.0430 e. The van der Waals surface area contributed by atoms with Crippen LogP contribution in [-0.2, 0) is 13.0 Å². The Bertz CT molecular complexity index is 503. The van der Waals surface area contributed by atoms with Crippen molar-refractivity contribution >= 4 is 30.5 Å². The summed E-state index contributed by atoms with van der Waals surface area (Å²) < 4.78 is 0. The van der Waals surface area contributed by atoms with Gasteiger partial charge in [-0.3, -0.25) is 0 Å². The van der Waals surface area contributed by atoms with Gasteiger partial charge < -0.3 is 16.4 Å². The van der Waals surface area contributed by atoms with E-state index >= 15 is 0 Å². The van der Waals surface area contributed by atoms with E-state index in [4.69, 9.17) is 11.5 Å². The number of rotatable bonds is 7.